The van der Waals surface area contributed by atoms with Crippen LogP contribution in [0.4, 0.5) is 0 Å². The van der Waals surface area contributed by atoms with Crippen LogP contribution in [-0.4, -0.2) is 48.4 Å². The van der Waals surface area contributed by atoms with Crippen molar-refractivity contribution in [2.24, 2.45) is 5.92 Å². The molecule has 1 heterocycles. The van der Waals surface area contributed by atoms with Gasteiger partial charge in [0, 0.05) is 29.7 Å². The molecule has 152 valence electrons. The zero-order chi connectivity index (χ0) is 19.9. The molecule has 0 aromatic heterocycles. The highest BCUT2D eigenvalue weighted by Gasteiger charge is 2.35. The van der Waals surface area contributed by atoms with E-state index >= 15 is 0 Å². The highest BCUT2D eigenvalue weighted by Crippen LogP contribution is 2.35. The Morgan fingerprint density at radius 1 is 1.07 bits per heavy atom. The molecule has 28 heavy (non-hydrogen) atoms. The minimum absolute atomic E-state index is 0.0265. The number of carbonyl (C=O) groups is 3. The van der Waals surface area contributed by atoms with Crippen molar-refractivity contribution >= 4 is 29.4 Å². The first-order valence-corrected chi connectivity index (χ1v) is 10.4. The van der Waals surface area contributed by atoms with Crippen LogP contribution in [0.15, 0.2) is 24.3 Å². The van der Waals surface area contributed by atoms with Gasteiger partial charge in [0.05, 0.1) is 6.42 Å². The molecule has 1 saturated heterocycles. The maximum atomic E-state index is 12.5. The Labute approximate surface area is 170 Å². The molecule has 1 aromatic carbocycles. The minimum atomic E-state index is -0.484. The number of piperidine rings is 1. The van der Waals surface area contributed by atoms with Crippen molar-refractivity contribution in [1.29, 1.82) is 0 Å². The smallest absolute Gasteiger partial charge is 0.308 e. The van der Waals surface area contributed by atoms with Gasteiger partial charge in [-0.3, -0.25) is 14.4 Å². The van der Waals surface area contributed by atoms with Gasteiger partial charge >= 0.3 is 5.97 Å². The Kier molecular flexibility index (Phi) is 7.31. The van der Waals surface area contributed by atoms with E-state index < -0.39 is 5.97 Å². The Bertz CT molecular complexity index is 705. The van der Waals surface area contributed by atoms with Crippen molar-refractivity contribution in [2.45, 2.75) is 51.0 Å². The first-order valence-electron chi connectivity index (χ1n) is 10.0. The van der Waals surface area contributed by atoms with E-state index in [0.717, 1.165) is 25.8 Å². The van der Waals surface area contributed by atoms with Gasteiger partial charge in [0.25, 0.3) is 11.8 Å². The Morgan fingerprint density at radius 3 is 2.57 bits per heavy atom. The molecule has 0 bridgehead atoms. The number of hydrogen-bond donors (Lipinski definition) is 1. The fraction of sp³-hybridized carbons (Fsp3) is 0.571. The third kappa shape index (κ3) is 5.47. The molecule has 1 aromatic rings. The molecule has 1 aliphatic carbocycles. The average Bonchev–Trinajstić information content (AvgIpc) is 2.72. The molecule has 0 radical (unpaired) electrons. The Balaban J connectivity index is 1.37. The number of nitrogens with one attached hydrogen (secondary N) is 1. The van der Waals surface area contributed by atoms with E-state index in [0.29, 0.717) is 22.5 Å². The van der Waals surface area contributed by atoms with Crippen LogP contribution in [0.3, 0.4) is 0 Å². The zero-order valence-electron chi connectivity index (χ0n) is 16.0. The van der Waals surface area contributed by atoms with Crippen molar-refractivity contribution in [2.75, 3.05) is 19.7 Å². The molecule has 7 heteroatoms. The molecule has 3 rings (SSSR count). The van der Waals surface area contributed by atoms with Gasteiger partial charge in [-0.2, -0.15) is 0 Å². The standard InChI is InChI=1S/C21H27ClN2O4/c22-17-9-7-16(8-10-17)21(27)23-12-11-20(26)28-14-19(25)24-13-3-5-15-4-1-2-6-18(15)24/h7-10,15,18H,1-6,11-14H2,(H,23,27)/t15-,18-/m1/s1. The molecule has 1 aliphatic heterocycles. The van der Waals surface area contributed by atoms with E-state index in [2.05, 4.69) is 5.32 Å². The largest absolute Gasteiger partial charge is 0.456 e. The molecule has 0 spiro atoms. The van der Waals surface area contributed by atoms with Crippen LogP contribution in [-0.2, 0) is 14.3 Å². The maximum Gasteiger partial charge on any atom is 0.308 e. The number of carbonyl (C=O) groups excluding carboxylic acids is 3. The Morgan fingerprint density at radius 2 is 1.79 bits per heavy atom. The fourth-order valence-corrected chi connectivity index (χ4v) is 4.34. The van der Waals surface area contributed by atoms with Crippen LogP contribution in [0.2, 0.25) is 5.02 Å². The molecule has 2 fully saturated rings. The number of likely N-dealkylation sites (tertiary alicyclic amines) is 1. The maximum absolute atomic E-state index is 12.5. The van der Waals surface area contributed by atoms with Crippen LogP contribution in [0.1, 0.15) is 55.3 Å². The number of hydrogen-bond acceptors (Lipinski definition) is 4. The Hall–Kier alpha value is -2.08. The summed E-state index contributed by atoms with van der Waals surface area (Å²) >= 11 is 5.79. The first kappa shape index (κ1) is 20.6. The molecule has 1 saturated carbocycles. The van der Waals surface area contributed by atoms with Crippen molar-refractivity contribution in [3.05, 3.63) is 34.9 Å². The lowest BCUT2D eigenvalue weighted by Crippen LogP contribution is -2.50. The molecule has 2 aliphatic rings. The van der Waals surface area contributed by atoms with Gasteiger partial charge in [0.15, 0.2) is 6.61 Å². The van der Waals surface area contributed by atoms with E-state index in [4.69, 9.17) is 16.3 Å². The number of amides is 2. The quantitative estimate of drug-likeness (QED) is 0.736. The van der Waals surface area contributed by atoms with Crippen LogP contribution >= 0.6 is 11.6 Å². The summed E-state index contributed by atoms with van der Waals surface area (Å²) in [5.41, 5.74) is 0.472. The topological polar surface area (TPSA) is 75.7 Å². The highest BCUT2D eigenvalue weighted by molar-refractivity contribution is 6.30. The van der Waals surface area contributed by atoms with E-state index in [1.165, 1.54) is 19.3 Å². The number of rotatable bonds is 6. The average molecular weight is 407 g/mol. The second-order valence-electron chi connectivity index (χ2n) is 7.51. The lowest BCUT2D eigenvalue weighted by molar-refractivity contribution is -0.154. The second kappa shape index (κ2) is 9.92. The third-order valence-electron chi connectivity index (χ3n) is 5.64. The minimum Gasteiger partial charge on any atom is -0.456 e. The summed E-state index contributed by atoms with van der Waals surface area (Å²) in [6.45, 7) is 0.699. The summed E-state index contributed by atoms with van der Waals surface area (Å²) < 4.78 is 5.14. The van der Waals surface area contributed by atoms with Gasteiger partial charge in [-0.05, 0) is 55.9 Å². The SMILES string of the molecule is O=C(CCNC(=O)c1ccc(Cl)cc1)OCC(=O)N1CCC[C@H]2CCCC[C@H]21. The molecular weight excluding hydrogens is 380 g/mol. The fourth-order valence-electron chi connectivity index (χ4n) is 4.21. The van der Waals surface area contributed by atoms with Crippen molar-refractivity contribution in [3.63, 3.8) is 0 Å². The van der Waals surface area contributed by atoms with Gasteiger partial charge in [-0.15, -0.1) is 0 Å². The zero-order valence-corrected chi connectivity index (χ0v) is 16.7. The summed E-state index contributed by atoms with van der Waals surface area (Å²) in [5, 5.41) is 3.21. The van der Waals surface area contributed by atoms with Gasteiger partial charge in [-0.25, -0.2) is 0 Å². The van der Waals surface area contributed by atoms with Crippen LogP contribution in [0.5, 0.6) is 0 Å². The monoisotopic (exact) mass is 406 g/mol. The summed E-state index contributed by atoms with van der Waals surface area (Å²) in [7, 11) is 0. The summed E-state index contributed by atoms with van der Waals surface area (Å²) in [4.78, 5) is 38.3. The number of esters is 1. The van der Waals surface area contributed by atoms with Crippen molar-refractivity contribution < 1.29 is 19.1 Å². The van der Waals surface area contributed by atoms with Crippen molar-refractivity contribution in [3.8, 4) is 0 Å². The summed E-state index contributed by atoms with van der Waals surface area (Å²) in [5.74, 6) is -0.264. The molecule has 1 N–H and O–H groups in total. The number of nitrogens with zero attached hydrogens (tertiary/aromatic N) is 1. The van der Waals surface area contributed by atoms with E-state index in [9.17, 15) is 14.4 Å². The highest BCUT2D eigenvalue weighted by atomic mass is 35.5. The lowest BCUT2D eigenvalue weighted by atomic mass is 9.78. The van der Waals surface area contributed by atoms with Gasteiger partial charge in [-0.1, -0.05) is 24.4 Å². The molecular formula is C21H27ClN2O4. The number of fused-ring (bicyclic) bond motifs is 1. The van der Waals surface area contributed by atoms with E-state index in [1.807, 2.05) is 4.90 Å². The van der Waals surface area contributed by atoms with Gasteiger partial charge in [0.2, 0.25) is 0 Å². The molecule has 6 nitrogen and oxygen atoms in total. The van der Waals surface area contributed by atoms with Crippen LogP contribution in [0, 0.1) is 5.92 Å². The van der Waals surface area contributed by atoms with E-state index in [1.54, 1.807) is 24.3 Å². The number of benzene rings is 1. The normalized spacial score (nSPS) is 21.5. The van der Waals surface area contributed by atoms with Crippen LogP contribution in [0.25, 0.3) is 0 Å². The van der Waals surface area contributed by atoms with Crippen molar-refractivity contribution in [1.82, 2.24) is 10.2 Å². The predicted octanol–water partition coefficient (Wildman–Crippen LogP) is 3.18. The van der Waals surface area contributed by atoms with E-state index in [-0.39, 0.29) is 31.4 Å². The predicted molar refractivity (Wildman–Crippen MR) is 106 cm³/mol. The number of halogens is 1. The summed E-state index contributed by atoms with van der Waals surface area (Å²) in [6, 6.07) is 6.81. The van der Waals surface area contributed by atoms with Gasteiger partial charge in [0.1, 0.15) is 0 Å². The second-order valence-corrected chi connectivity index (χ2v) is 7.95. The molecule has 2 atom stereocenters. The summed E-state index contributed by atoms with van der Waals surface area (Å²) in [6.07, 6.45) is 6.92. The molecule has 2 amide bonds. The third-order valence-corrected chi connectivity index (χ3v) is 5.89. The van der Waals surface area contributed by atoms with Gasteiger partial charge < -0.3 is 15.0 Å². The lowest BCUT2D eigenvalue weighted by Gasteiger charge is -2.44. The first-order chi connectivity index (χ1) is 13.5. The van der Waals surface area contributed by atoms with Crippen LogP contribution < -0.4 is 5.32 Å². The molecule has 0 unspecified atom stereocenters. The number of ether oxygens (including phenoxy) is 1.